The van der Waals surface area contributed by atoms with Crippen LogP contribution in [-0.4, -0.2) is 17.9 Å². The van der Waals surface area contributed by atoms with Crippen LogP contribution in [0.15, 0.2) is 18.2 Å². The van der Waals surface area contributed by atoms with Crippen LogP contribution in [-0.2, 0) is 20.7 Å². The first-order valence-corrected chi connectivity index (χ1v) is 4.63. The Kier molecular flexibility index (Phi) is 2.44. The number of cyclic esters (lactones) is 2. The van der Waals surface area contributed by atoms with Crippen molar-refractivity contribution in [1.82, 2.24) is 0 Å². The molecule has 0 aromatic heterocycles. The lowest BCUT2D eigenvalue weighted by atomic mass is 10.0. The minimum Gasteiger partial charge on any atom is -0.426 e. The highest BCUT2D eigenvalue weighted by atomic mass is 16.6. The van der Waals surface area contributed by atoms with Gasteiger partial charge in [0, 0.05) is 6.92 Å². The van der Waals surface area contributed by atoms with Gasteiger partial charge in [0.05, 0.1) is 6.42 Å². The van der Waals surface area contributed by atoms with Gasteiger partial charge in [0.25, 0.3) is 0 Å². The smallest absolute Gasteiger partial charge is 0.349 e. The van der Waals surface area contributed by atoms with Gasteiger partial charge < -0.3 is 9.47 Å². The topological polar surface area (TPSA) is 69.7 Å². The molecule has 82 valence electrons. The fourth-order valence-corrected chi connectivity index (χ4v) is 1.54. The molecule has 1 aromatic rings. The lowest BCUT2D eigenvalue weighted by Gasteiger charge is -2.16. The van der Waals surface area contributed by atoms with Crippen molar-refractivity contribution < 1.29 is 23.9 Å². The zero-order valence-corrected chi connectivity index (χ0v) is 8.48. The summed E-state index contributed by atoms with van der Waals surface area (Å²) in [5.74, 6) is -1.78. The van der Waals surface area contributed by atoms with E-state index in [-0.39, 0.29) is 17.7 Å². The molecular weight excluding hydrogens is 212 g/mol. The van der Waals surface area contributed by atoms with Gasteiger partial charge in [-0.3, -0.25) is 9.59 Å². The van der Waals surface area contributed by atoms with E-state index in [9.17, 15) is 14.4 Å². The van der Waals surface area contributed by atoms with E-state index < -0.39 is 17.9 Å². The Bertz CT molecular complexity index is 489. The first-order chi connectivity index (χ1) is 7.58. The molecule has 2 rings (SSSR count). The molecule has 1 heterocycles. The molecule has 0 N–H and O–H groups in total. The quantitative estimate of drug-likeness (QED) is 0.398. The van der Waals surface area contributed by atoms with E-state index in [4.69, 9.17) is 4.74 Å². The van der Waals surface area contributed by atoms with Gasteiger partial charge in [-0.1, -0.05) is 12.1 Å². The van der Waals surface area contributed by atoms with Crippen molar-refractivity contribution in [2.75, 3.05) is 0 Å². The fourth-order valence-electron chi connectivity index (χ4n) is 1.54. The number of esters is 3. The van der Waals surface area contributed by atoms with Crippen LogP contribution >= 0.6 is 0 Å². The average Bonchev–Trinajstić information content (AvgIpc) is 2.15. The highest BCUT2D eigenvalue weighted by Crippen LogP contribution is 2.27. The van der Waals surface area contributed by atoms with Crippen molar-refractivity contribution in [2.45, 2.75) is 13.3 Å². The zero-order valence-electron chi connectivity index (χ0n) is 8.48. The van der Waals surface area contributed by atoms with Gasteiger partial charge in [-0.25, -0.2) is 4.79 Å². The minimum absolute atomic E-state index is 0.0101. The molecule has 0 fully saturated rings. The normalized spacial score (nSPS) is 14.1. The van der Waals surface area contributed by atoms with Crippen LogP contribution < -0.4 is 4.74 Å². The van der Waals surface area contributed by atoms with E-state index in [1.165, 1.54) is 13.0 Å². The lowest BCUT2D eigenvalue weighted by Crippen LogP contribution is -2.24. The van der Waals surface area contributed by atoms with E-state index in [2.05, 4.69) is 4.74 Å². The third-order valence-corrected chi connectivity index (χ3v) is 2.11. The molecule has 0 spiro atoms. The molecule has 16 heavy (non-hydrogen) atoms. The Labute approximate surface area is 91.0 Å². The summed E-state index contributed by atoms with van der Waals surface area (Å²) in [6, 6.07) is 4.72. The van der Waals surface area contributed by atoms with Gasteiger partial charge in [0.2, 0.25) is 0 Å². The number of benzene rings is 1. The maximum atomic E-state index is 11.5. The van der Waals surface area contributed by atoms with Gasteiger partial charge in [0.15, 0.2) is 0 Å². The van der Waals surface area contributed by atoms with Crippen LogP contribution in [0.3, 0.4) is 0 Å². The molecular formula is C11H8O5. The number of hydrogen-bond donors (Lipinski definition) is 0. The first kappa shape index (κ1) is 10.4. The largest absolute Gasteiger partial charge is 0.426 e. The van der Waals surface area contributed by atoms with Crippen molar-refractivity contribution in [1.29, 1.82) is 0 Å². The van der Waals surface area contributed by atoms with Crippen LogP contribution in [0, 0.1) is 0 Å². The summed E-state index contributed by atoms with van der Waals surface area (Å²) in [7, 11) is 0. The van der Waals surface area contributed by atoms with Gasteiger partial charge >= 0.3 is 17.9 Å². The van der Waals surface area contributed by atoms with E-state index in [0.717, 1.165) is 0 Å². The predicted molar refractivity (Wildman–Crippen MR) is 51.9 cm³/mol. The summed E-state index contributed by atoms with van der Waals surface area (Å²) < 4.78 is 9.33. The predicted octanol–water partition coefficient (Wildman–Crippen LogP) is 0.851. The molecule has 0 bridgehead atoms. The molecule has 0 unspecified atom stereocenters. The van der Waals surface area contributed by atoms with E-state index in [0.29, 0.717) is 5.56 Å². The van der Waals surface area contributed by atoms with Crippen molar-refractivity contribution in [3.63, 3.8) is 0 Å². The molecule has 0 atom stereocenters. The molecule has 0 radical (unpaired) electrons. The van der Waals surface area contributed by atoms with Gasteiger partial charge in [0.1, 0.15) is 11.3 Å². The van der Waals surface area contributed by atoms with Gasteiger partial charge in [-0.05, 0) is 11.6 Å². The summed E-state index contributed by atoms with van der Waals surface area (Å²) in [6.45, 7) is 1.23. The number of hydrogen-bond acceptors (Lipinski definition) is 5. The Balaban J connectivity index is 2.50. The third kappa shape index (κ3) is 1.79. The van der Waals surface area contributed by atoms with Crippen LogP contribution in [0.2, 0.25) is 0 Å². The minimum atomic E-state index is -0.775. The second kappa shape index (κ2) is 3.77. The van der Waals surface area contributed by atoms with Crippen molar-refractivity contribution in [3.8, 4) is 5.75 Å². The average molecular weight is 220 g/mol. The maximum Gasteiger partial charge on any atom is 0.349 e. The summed E-state index contributed by atoms with van der Waals surface area (Å²) in [4.78, 5) is 33.3. The molecule has 1 aromatic carbocycles. The van der Waals surface area contributed by atoms with Crippen LogP contribution in [0.1, 0.15) is 22.8 Å². The Morgan fingerprint density at radius 3 is 2.81 bits per heavy atom. The highest BCUT2D eigenvalue weighted by Gasteiger charge is 2.28. The second-order valence-electron chi connectivity index (χ2n) is 3.32. The van der Waals surface area contributed by atoms with Crippen LogP contribution in [0.25, 0.3) is 0 Å². The molecule has 5 nitrogen and oxygen atoms in total. The first-order valence-electron chi connectivity index (χ1n) is 4.63. The standard InChI is InChI=1S/C11H8O5/c1-6(12)15-8-4-2-3-7-5-9(13)16-11(14)10(7)8/h2-4H,5H2,1H3. The number of rotatable bonds is 1. The summed E-state index contributed by atoms with van der Waals surface area (Å²) in [6.07, 6.45) is 0.0101. The lowest BCUT2D eigenvalue weighted by molar-refractivity contribution is -0.137. The number of fused-ring (bicyclic) bond motifs is 1. The summed E-state index contributed by atoms with van der Waals surface area (Å²) in [5, 5.41) is 0. The Morgan fingerprint density at radius 1 is 1.38 bits per heavy atom. The SMILES string of the molecule is CC(=O)Oc1cccc2c1C(=O)OC(=O)C2. The Morgan fingerprint density at radius 2 is 2.12 bits per heavy atom. The molecule has 5 heteroatoms. The third-order valence-electron chi connectivity index (χ3n) is 2.11. The molecule has 0 aliphatic carbocycles. The van der Waals surface area contributed by atoms with Crippen molar-refractivity contribution in [2.24, 2.45) is 0 Å². The zero-order chi connectivity index (χ0) is 11.7. The van der Waals surface area contributed by atoms with Crippen molar-refractivity contribution >= 4 is 17.9 Å². The second-order valence-corrected chi connectivity index (χ2v) is 3.32. The molecule has 0 saturated carbocycles. The van der Waals surface area contributed by atoms with E-state index in [1.807, 2.05) is 0 Å². The van der Waals surface area contributed by atoms with Gasteiger partial charge in [-0.2, -0.15) is 0 Å². The monoisotopic (exact) mass is 220 g/mol. The molecule has 1 aliphatic rings. The van der Waals surface area contributed by atoms with Crippen LogP contribution in [0.4, 0.5) is 0 Å². The van der Waals surface area contributed by atoms with Crippen molar-refractivity contribution in [3.05, 3.63) is 29.3 Å². The number of carbonyl (C=O) groups is 3. The highest BCUT2D eigenvalue weighted by molar-refractivity contribution is 6.04. The van der Waals surface area contributed by atoms with E-state index >= 15 is 0 Å². The molecule has 1 aliphatic heterocycles. The Hall–Kier alpha value is -2.17. The number of carbonyl (C=O) groups excluding carboxylic acids is 3. The number of ether oxygens (including phenoxy) is 2. The molecule has 0 amide bonds. The molecule has 0 saturated heterocycles. The van der Waals surface area contributed by atoms with Crippen LogP contribution in [0.5, 0.6) is 5.75 Å². The van der Waals surface area contributed by atoms with E-state index in [1.54, 1.807) is 12.1 Å². The summed E-state index contributed by atoms with van der Waals surface area (Å²) in [5.41, 5.74) is 0.664. The maximum absolute atomic E-state index is 11.5. The fraction of sp³-hybridized carbons (Fsp3) is 0.182. The summed E-state index contributed by atoms with van der Waals surface area (Å²) >= 11 is 0. The van der Waals surface area contributed by atoms with Gasteiger partial charge in [-0.15, -0.1) is 0 Å².